The highest BCUT2D eigenvalue weighted by atomic mass is 16.6. The topological polar surface area (TPSA) is 79.3 Å². The van der Waals surface area contributed by atoms with E-state index in [-0.39, 0.29) is 30.2 Å². The maximum atomic E-state index is 12.4. The Kier molecular flexibility index (Phi) is 4.69. The van der Waals surface area contributed by atoms with Crippen LogP contribution in [0, 0.1) is 11.8 Å². The lowest BCUT2D eigenvalue weighted by Gasteiger charge is -2.34. The number of aliphatic hydroxyl groups is 2. The third-order valence-corrected chi connectivity index (χ3v) is 5.48. The molecule has 2 aliphatic heterocycles. The Morgan fingerprint density at radius 1 is 1.40 bits per heavy atom. The number of hydrogen-bond acceptors (Lipinski definition) is 5. The molecule has 3 rings (SSSR count). The van der Waals surface area contributed by atoms with Crippen molar-refractivity contribution in [1.29, 1.82) is 0 Å². The van der Waals surface area contributed by atoms with Crippen molar-refractivity contribution in [1.82, 2.24) is 0 Å². The third-order valence-electron chi connectivity index (χ3n) is 5.48. The van der Waals surface area contributed by atoms with Gasteiger partial charge in [-0.1, -0.05) is 30.4 Å². The molecule has 2 heterocycles. The van der Waals surface area contributed by atoms with Crippen molar-refractivity contribution in [3.05, 3.63) is 36.0 Å². The number of allylic oxidation sites excluding steroid dienone is 2. The molecule has 0 aromatic carbocycles. The lowest BCUT2D eigenvalue weighted by Crippen LogP contribution is -2.36. The predicted octanol–water partition coefficient (Wildman–Crippen LogP) is 2.29. The number of aliphatic hydroxyl groups excluding tert-OH is 1. The summed E-state index contributed by atoms with van der Waals surface area (Å²) in [7, 11) is 0. The van der Waals surface area contributed by atoms with Gasteiger partial charge >= 0.3 is 5.97 Å². The summed E-state index contributed by atoms with van der Waals surface area (Å²) in [4.78, 5) is 12.4. The molecule has 5 heteroatoms. The first-order valence-electron chi connectivity index (χ1n) is 8.91. The Morgan fingerprint density at radius 2 is 2.12 bits per heavy atom. The molecule has 5 nitrogen and oxygen atoms in total. The summed E-state index contributed by atoms with van der Waals surface area (Å²) in [6, 6.07) is 0. The molecular weight excluding hydrogens is 320 g/mol. The quantitative estimate of drug-likeness (QED) is 0.455. The van der Waals surface area contributed by atoms with E-state index >= 15 is 0 Å². The predicted molar refractivity (Wildman–Crippen MR) is 93.7 cm³/mol. The van der Waals surface area contributed by atoms with Gasteiger partial charge in [0.15, 0.2) is 0 Å². The number of carbonyl (C=O) groups excluding carboxylic acids is 1. The Hall–Kier alpha value is -1.43. The van der Waals surface area contributed by atoms with Crippen LogP contribution >= 0.6 is 0 Å². The van der Waals surface area contributed by atoms with Crippen molar-refractivity contribution in [3.63, 3.8) is 0 Å². The number of epoxide rings is 1. The van der Waals surface area contributed by atoms with E-state index in [0.717, 1.165) is 18.4 Å². The molecule has 0 amide bonds. The molecule has 0 radical (unpaired) electrons. The zero-order valence-electron chi connectivity index (χ0n) is 15.2. The number of carbonyl (C=O) groups is 1. The molecule has 2 unspecified atom stereocenters. The molecule has 2 N–H and O–H groups in total. The van der Waals surface area contributed by atoms with Crippen LogP contribution in [0.15, 0.2) is 36.0 Å². The monoisotopic (exact) mass is 348 g/mol. The molecule has 2 saturated heterocycles. The van der Waals surface area contributed by atoms with E-state index in [1.807, 2.05) is 19.1 Å². The van der Waals surface area contributed by atoms with Gasteiger partial charge in [-0.05, 0) is 45.6 Å². The van der Waals surface area contributed by atoms with Crippen molar-refractivity contribution < 1.29 is 24.5 Å². The summed E-state index contributed by atoms with van der Waals surface area (Å²) in [5.74, 6) is -0.689. The summed E-state index contributed by atoms with van der Waals surface area (Å²) in [5, 5.41) is 20.2. The number of ether oxygens (including phenoxy) is 2. The van der Waals surface area contributed by atoms with Gasteiger partial charge in [0.1, 0.15) is 12.7 Å². The molecule has 1 saturated carbocycles. The fourth-order valence-electron chi connectivity index (χ4n) is 4.00. The van der Waals surface area contributed by atoms with Crippen LogP contribution in [0.2, 0.25) is 0 Å². The van der Waals surface area contributed by atoms with E-state index in [2.05, 4.69) is 6.58 Å². The summed E-state index contributed by atoms with van der Waals surface area (Å²) in [5.41, 5.74) is 0.517. The number of rotatable bonds is 2. The zero-order valence-corrected chi connectivity index (χ0v) is 15.2. The van der Waals surface area contributed by atoms with Gasteiger partial charge in [-0.25, -0.2) is 0 Å². The van der Waals surface area contributed by atoms with Crippen LogP contribution in [0.4, 0.5) is 0 Å². The van der Waals surface area contributed by atoms with Gasteiger partial charge in [-0.15, -0.1) is 0 Å². The van der Waals surface area contributed by atoms with E-state index < -0.39 is 17.6 Å². The summed E-state index contributed by atoms with van der Waals surface area (Å²) in [6.45, 7) is 9.76. The van der Waals surface area contributed by atoms with Crippen LogP contribution in [0.3, 0.4) is 0 Å². The maximum absolute atomic E-state index is 12.4. The van der Waals surface area contributed by atoms with E-state index in [0.29, 0.717) is 12.0 Å². The number of esters is 1. The van der Waals surface area contributed by atoms with E-state index in [1.165, 1.54) is 0 Å². The summed E-state index contributed by atoms with van der Waals surface area (Å²) >= 11 is 0. The van der Waals surface area contributed by atoms with Crippen LogP contribution in [-0.4, -0.2) is 46.2 Å². The molecule has 0 bridgehead atoms. The highest BCUT2D eigenvalue weighted by Crippen LogP contribution is 2.49. The van der Waals surface area contributed by atoms with Gasteiger partial charge in [0, 0.05) is 5.92 Å². The van der Waals surface area contributed by atoms with Gasteiger partial charge < -0.3 is 19.7 Å². The molecule has 3 fully saturated rings. The largest absolute Gasteiger partial charge is 0.461 e. The Morgan fingerprint density at radius 3 is 2.80 bits per heavy atom. The molecule has 138 valence electrons. The first kappa shape index (κ1) is 18.4. The Balaban J connectivity index is 1.88. The molecule has 5 atom stereocenters. The Bertz CT molecular complexity index is 626. The lowest BCUT2D eigenvalue weighted by atomic mass is 9.76. The maximum Gasteiger partial charge on any atom is 0.314 e. The van der Waals surface area contributed by atoms with E-state index in [1.54, 1.807) is 19.9 Å². The van der Waals surface area contributed by atoms with Crippen LogP contribution in [-0.2, 0) is 14.3 Å². The standard InChI is InChI=1S/C20H28O5/c1-12-10-15(21)17-20(4,25-17)9-7-14-13(6-5-8-19(2,3)23)11-24-18(22)16(12)14/h5-6,8,14-17,21,23H,1,7,9-11H2,2-4H3/b8-5+,13-6-/t14-,15-,16+,17?,20?/m1/s1. The van der Waals surface area contributed by atoms with Gasteiger partial charge in [-0.3, -0.25) is 4.79 Å². The second kappa shape index (κ2) is 6.38. The molecule has 0 spiro atoms. The first-order chi connectivity index (χ1) is 11.6. The van der Waals surface area contributed by atoms with Gasteiger partial charge in [-0.2, -0.15) is 0 Å². The number of fused-ring (bicyclic) bond motifs is 2. The van der Waals surface area contributed by atoms with Crippen LogP contribution in [0.25, 0.3) is 0 Å². The van der Waals surface area contributed by atoms with Crippen LogP contribution in [0.1, 0.15) is 40.0 Å². The minimum absolute atomic E-state index is 0.00724. The van der Waals surface area contributed by atoms with E-state index in [9.17, 15) is 15.0 Å². The fraction of sp³-hybridized carbons (Fsp3) is 0.650. The van der Waals surface area contributed by atoms with Crippen molar-refractivity contribution in [2.45, 2.75) is 63.4 Å². The SMILES string of the molecule is C=C1C[C@@H](O)C2OC2(C)CC[C@@H]2/C(=C\C=C\C(C)(C)O)COC(=O)[C@@H]12. The van der Waals surface area contributed by atoms with Crippen molar-refractivity contribution in [3.8, 4) is 0 Å². The average Bonchev–Trinajstić information content (AvgIpc) is 3.17. The van der Waals surface area contributed by atoms with Crippen molar-refractivity contribution >= 4 is 5.97 Å². The highest BCUT2D eigenvalue weighted by Gasteiger charge is 2.57. The summed E-state index contributed by atoms with van der Waals surface area (Å²) < 4.78 is 11.1. The summed E-state index contributed by atoms with van der Waals surface area (Å²) in [6.07, 6.45) is 6.55. The van der Waals surface area contributed by atoms with Gasteiger partial charge in [0.25, 0.3) is 0 Å². The van der Waals surface area contributed by atoms with Crippen molar-refractivity contribution in [2.24, 2.45) is 11.8 Å². The van der Waals surface area contributed by atoms with Gasteiger partial charge in [0.05, 0.1) is 23.2 Å². The molecule has 0 aromatic rings. The molecule has 0 aromatic heterocycles. The third kappa shape index (κ3) is 3.89. The molecule has 3 aliphatic rings. The zero-order chi connectivity index (χ0) is 18.4. The molecule has 25 heavy (non-hydrogen) atoms. The van der Waals surface area contributed by atoms with Crippen LogP contribution in [0.5, 0.6) is 0 Å². The van der Waals surface area contributed by atoms with Gasteiger partial charge in [0.2, 0.25) is 0 Å². The molecule has 1 aliphatic carbocycles. The minimum atomic E-state index is -0.892. The molecular formula is C20H28O5. The van der Waals surface area contributed by atoms with Crippen molar-refractivity contribution in [2.75, 3.05) is 6.61 Å². The highest BCUT2D eigenvalue weighted by molar-refractivity contribution is 5.78. The number of cyclic esters (lactones) is 1. The Labute approximate surface area is 149 Å². The fourth-order valence-corrected chi connectivity index (χ4v) is 4.00. The second-order valence-electron chi connectivity index (χ2n) is 8.27. The lowest BCUT2D eigenvalue weighted by molar-refractivity contribution is -0.151. The van der Waals surface area contributed by atoms with E-state index in [4.69, 9.17) is 9.47 Å². The normalized spacial score (nSPS) is 40.8. The first-order valence-corrected chi connectivity index (χ1v) is 8.91. The average molecular weight is 348 g/mol. The number of hydrogen-bond donors (Lipinski definition) is 2. The second-order valence-corrected chi connectivity index (χ2v) is 8.27. The van der Waals surface area contributed by atoms with Crippen LogP contribution < -0.4 is 0 Å². The minimum Gasteiger partial charge on any atom is -0.461 e. The smallest absolute Gasteiger partial charge is 0.314 e.